The van der Waals surface area contributed by atoms with Crippen molar-refractivity contribution in [2.24, 2.45) is 0 Å². The molecule has 1 unspecified atom stereocenters. The molecule has 3 aromatic rings. The first-order valence-electron chi connectivity index (χ1n) is 9.34. The molecule has 0 aliphatic rings. The van der Waals surface area contributed by atoms with Crippen molar-refractivity contribution >= 4 is 38.3 Å². The van der Waals surface area contributed by atoms with Crippen LogP contribution in [0.5, 0.6) is 0 Å². The molecule has 1 nitrogen and oxygen atoms in total. The van der Waals surface area contributed by atoms with Gasteiger partial charge in [-0.05, 0) is 61.0 Å². The summed E-state index contributed by atoms with van der Waals surface area (Å²) in [5, 5.41) is 1.17. The van der Waals surface area contributed by atoms with Crippen molar-refractivity contribution in [1.29, 1.82) is 0 Å². The zero-order chi connectivity index (χ0) is 19.6. The van der Waals surface area contributed by atoms with Gasteiger partial charge in [-0.3, -0.25) is 4.79 Å². The predicted octanol–water partition coefficient (Wildman–Crippen LogP) is 5.76. The molecule has 0 N–H and O–H groups in total. The molecule has 3 aromatic carbocycles. The summed E-state index contributed by atoms with van der Waals surface area (Å²) < 4.78 is 0. The van der Waals surface area contributed by atoms with E-state index in [2.05, 4.69) is 83.1 Å². The average molecular weight is 382 g/mol. The van der Waals surface area contributed by atoms with Crippen molar-refractivity contribution in [3.8, 4) is 11.1 Å². The van der Waals surface area contributed by atoms with Crippen LogP contribution < -0.4 is 5.30 Å². The standard InChI is InChI=1S/C25H27OP.Li.H/c1-17-15-21(19-9-7-6-8-10-19)16-18(2)23(17)27-24(26)20-11-13-22(14-12-20)25(3,4)5;;/h6-16,27H,1-5H3;;. The van der Waals surface area contributed by atoms with E-state index in [1.165, 1.54) is 33.1 Å². The van der Waals surface area contributed by atoms with Crippen LogP contribution >= 0.6 is 8.58 Å². The quantitative estimate of drug-likeness (QED) is 0.414. The summed E-state index contributed by atoms with van der Waals surface area (Å²) in [5.41, 5.74) is 7.15. The third-order valence-electron chi connectivity index (χ3n) is 4.89. The van der Waals surface area contributed by atoms with E-state index in [9.17, 15) is 4.79 Å². The molecule has 0 saturated carbocycles. The van der Waals surface area contributed by atoms with Crippen molar-refractivity contribution in [2.45, 2.75) is 40.0 Å². The van der Waals surface area contributed by atoms with E-state index in [0.717, 1.165) is 5.56 Å². The number of carbonyl (C=O) groups is 1. The van der Waals surface area contributed by atoms with E-state index >= 15 is 0 Å². The van der Waals surface area contributed by atoms with Gasteiger partial charge in [0, 0.05) is 5.56 Å². The number of hydrogen-bond acceptors (Lipinski definition) is 1. The number of rotatable bonds is 4. The molecule has 3 rings (SSSR count). The van der Waals surface area contributed by atoms with Gasteiger partial charge < -0.3 is 0 Å². The molecule has 140 valence electrons. The molecule has 0 aliphatic heterocycles. The Morgan fingerprint density at radius 1 is 0.786 bits per heavy atom. The number of aryl methyl sites for hydroxylation is 2. The molecule has 1 atom stereocenters. The molecule has 0 radical (unpaired) electrons. The molecule has 0 bridgehead atoms. The van der Waals surface area contributed by atoms with Crippen LogP contribution in [0.25, 0.3) is 11.1 Å². The summed E-state index contributed by atoms with van der Waals surface area (Å²) >= 11 is 0. The van der Waals surface area contributed by atoms with Gasteiger partial charge in [0.25, 0.3) is 0 Å². The SMILES string of the molecule is Cc1cc(-c2ccccc2)cc(C)c1PC(=O)c1ccc(C(C)(C)C)cc1.[LiH]. The van der Waals surface area contributed by atoms with Crippen LogP contribution in [-0.2, 0) is 5.41 Å². The van der Waals surface area contributed by atoms with Crippen LogP contribution in [0.1, 0.15) is 47.8 Å². The first kappa shape index (κ1) is 22.6. The van der Waals surface area contributed by atoms with Gasteiger partial charge in [0.05, 0.1) is 0 Å². The van der Waals surface area contributed by atoms with Gasteiger partial charge in [-0.25, -0.2) is 0 Å². The Labute approximate surface area is 182 Å². The molecule has 0 aromatic heterocycles. The summed E-state index contributed by atoms with van der Waals surface area (Å²) in [7, 11) is 0.152. The molecular formula is C25H28LiOP. The molecule has 3 heteroatoms. The molecule has 0 fully saturated rings. The van der Waals surface area contributed by atoms with Crippen LogP contribution in [0.4, 0.5) is 0 Å². The molecule has 28 heavy (non-hydrogen) atoms. The van der Waals surface area contributed by atoms with Gasteiger partial charge >= 0.3 is 18.9 Å². The second kappa shape index (κ2) is 9.24. The fraction of sp³-hybridized carbons (Fsp3) is 0.240. The Balaban J connectivity index is 0.00000280. The zero-order valence-corrected chi connectivity index (χ0v) is 17.8. The average Bonchev–Trinajstić information content (AvgIpc) is 2.64. The minimum atomic E-state index is 0. The van der Waals surface area contributed by atoms with Crippen molar-refractivity contribution < 1.29 is 4.79 Å². The molecule has 0 heterocycles. The Morgan fingerprint density at radius 3 is 1.82 bits per heavy atom. The van der Waals surface area contributed by atoms with Crippen molar-refractivity contribution in [1.82, 2.24) is 0 Å². The van der Waals surface area contributed by atoms with Crippen LogP contribution in [-0.4, -0.2) is 24.4 Å². The van der Waals surface area contributed by atoms with E-state index in [1.54, 1.807) is 0 Å². The second-order valence-electron chi connectivity index (χ2n) is 8.13. The fourth-order valence-electron chi connectivity index (χ4n) is 3.27. The van der Waals surface area contributed by atoms with Crippen LogP contribution in [0.3, 0.4) is 0 Å². The summed E-state index contributed by atoms with van der Waals surface area (Å²) in [4.78, 5) is 12.8. The van der Waals surface area contributed by atoms with E-state index in [4.69, 9.17) is 0 Å². The summed E-state index contributed by atoms with van der Waals surface area (Å²) in [6.07, 6.45) is 0. The van der Waals surface area contributed by atoms with Crippen LogP contribution in [0, 0.1) is 13.8 Å². The van der Waals surface area contributed by atoms with Gasteiger partial charge in [-0.2, -0.15) is 0 Å². The first-order chi connectivity index (χ1) is 12.8. The zero-order valence-electron chi connectivity index (χ0n) is 16.8. The Bertz CT molecular complexity index is 931. The van der Waals surface area contributed by atoms with Crippen LogP contribution in [0.15, 0.2) is 66.7 Å². The van der Waals surface area contributed by atoms with Crippen molar-refractivity contribution in [3.63, 3.8) is 0 Å². The second-order valence-corrected chi connectivity index (χ2v) is 9.34. The van der Waals surface area contributed by atoms with Gasteiger partial charge in [0.2, 0.25) is 0 Å². The van der Waals surface area contributed by atoms with Crippen molar-refractivity contribution in [2.75, 3.05) is 0 Å². The van der Waals surface area contributed by atoms with E-state index in [1.807, 2.05) is 18.2 Å². The van der Waals surface area contributed by atoms with Gasteiger partial charge in [-0.15, -0.1) is 0 Å². The van der Waals surface area contributed by atoms with Gasteiger partial charge in [-0.1, -0.05) is 87.5 Å². The number of hydrogen-bond donors (Lipinski definition) is 0. The summed E-state index contributed by atoms with van der Waals surface area (Å²) in [5.74, 6) is 0. The van der Waals surface area contributed by atoms with E-state index in [0.29, 0.717) is 0 Å². The molecule has 0 saturated heterocycles. The third kappa shape index (κ3) is 5.24. The van der Waals surface area contributed by atoms with Gasteiger partial charge in [0.15, 0.2) is 5.52 Å². The third-order valence-corrected chi connectivity index (χ3v) is 6.45. The Hall–Kier alpha value is -1.64. The summed E-state index contributed by atoms with van der Waals surface area (Å²) in [6.45, 7) is 10.8. The topological polar surface area (TPSA) is 17.1 Å². The maximum atomic E-state index is 12.8. The normalized spacial score (nSPS) is 11.5. The minimum absolute atomic E-state index is 0. The Kier molecular flexibility index (Phi) is 7.47. The molecule has 0 aliphatic carbocycles. The Morgan fingerprint density at radius 2 is 1.32 bits per heavy atom. The first-order valence-corrected chi connectivity index (χ1v) is 10.3. The molecule has 0 spiro atoms. The van der Waals surface area contributed by atoms with Crippen LogP contribution in [0.2, 0.25) is 0 Å². The fourth-order valence-corrected chi connectivity index (χ4v) is 4.34. The predicted molar refractivity (Wildman–Crippen MR) is 126 cm³/mol. The van der Waals surface area contributed by atoms with Gasteiger partial charge in [0.1, 0.15) is 0 Å². The molecular weight excluding hydrogens is 354 g/mol. The summed E-state index contributed by atoms with van der Waals surface area (Å²) in [6, 6.07) is 22.9. The monoisotopic (exact) mass is 382 g/mol. The van der Waals surface area contributed by atoms with E-state index < -0.39 is 0 Å². The van der Waals surface area contributed by atoms with Crippen molar-refractivity contribution in [3.05, 3.63) is 89.0 Å². The van der Waals surface area contributed by atoms with E-state index in [-0.39, 0.29) is 38.4 Å². The number of carbonyl (C=O) groups excluding carboxylic acids is 1. The maximum absolute atomic E-state index is 12.8. The molecule has 0 amide bonds. The number of benzene rings is 3.